The van der Waals surface area contributed by atoms with Crippen molar-refractivity contribution in [2.24, 2.45) is 0 Å². The van der Waals surface area contributed by atoms with Crippen LogP contribution < -0.4 is 0 Å². The van der Waals surface area contributed by atoms with Crippen LogP contribution in [0.25, 0.3) is 0 Å². The van der Waals surface area contributed by atoms with E-state index in [1.807, 2.05) is 0 Å². The van der Waals surface area contributed by atoms with Crippen molar-refractivity contribution in [3.05, 3.63) is 47.7 Å². The summed E-state index contributed by atoms with van der Waals surface area (Å²) in [6.07, 6.45) is 3.59. The fourth-order valence-electron chi connectivity index (χ4n) is 2.77. The Morgan fingerprint density at radius 3 is 1.95 bits per heavy atom. The van der Waals surface area contributed by atoms with Crippen LogP contribution in [-0.4, -0.2) is 16.4 Å². The average Bonchev–Trinajstić information content (AvgIpc) is 2.51. The van der Waals surface area contributed by atoms with E-state index >= 15 is 0 Å². The summed E-state index contributed by atoms with van der Waals surface area (Å²) in [5.74, 6) is 0. The van der Waals surface area contributed by atoms with Gasteiger partial charge in [-0.2, -0.15) is 0 Å². The van der Waals surface area contributed by atoms with E-state index < -0.39 is 16.4 Å². The van der Waals surface area contributed by atoms with Crippen molar-refractivity contribution in [1.82, 2.24) is 0 Å². The molecule has 0 saturated heterocycles. The first-order valence-corrected chi connectivity index (χ1v) is 14.9. The van der Waals surface area contributed by atoms with Crippen LogP contribution in [0.4, 0.5) is 0 Å². The predicted octanol–water partition coefficient (Wildman–Crippen LogP) is 6.57. The van der Waals surface area contributed by atoms with Gasteiger partial charge in [-0.15, -0.1) is 0 Å². The van der Waals surface area contributed by atoms with Crippen LogP contribution in [-0.2, 0) is 4.43 Å². The Bertz CT molecular complexity index is 436. The fraction of sp³-hybridized carbons (Fsp3) is 0.579. The van der Waals surface area contributed by atoms with E-state index in [1.54, 1.807) is 0 Å². The number of hydrogen-bond acceptors (Lipinski definition) is 1. The Morgan fingerprint density at radius 1 is 0.955 bits per heavy atom. The molecule has 0 aliphatic heterocycles. The van der Waals surface area contributed by atoms with E-state index in [1.165, 1.54) is 23.7 Å². The molecule has 1 aromatic carbocycles. The van der Waals surface area contributed by atoms with Crippen molar-refractivity contribution >= 4 is 16.4 Å². The lowest BCUT2D eigenvalue weighted by atomic mass is 10.1. The maximum Gasteiger partial charge on any atom is 0.192 e. The molecule has 3 heteroatoms. The molecule has 0 fully saturated rings. The molecule has 0 heterocycles. The van der Waals surface area contributed by atoms with Crippen molar-refractivity contribution in [3.63, 3.8) is 0 Å². The molecule has 0 amide bonds. The van der Waals surface area contributed by atoms with Crippen molar-refractivity contribution in [2.75, 3.05) is 0 Å². The van der Waals surface area contributed by atoms with E-state index in [0.29, 0.717) is 0 Å². The molecule has 124 valence electrons. The Balaban J connectivity index is 2.95. The molecule has 1 nitrogen and oxygen atoms in total. The van der Waals surface area contributed by atoms with Crippen LogP contribution in [0.5, 0.6) is 0 Å². The topological polar surface area (TPSA) is 9.23 Å². The second kappa shape index (κ2) is 8.85. The Labute approximate surface area is 139 Å². The van der Waals surface area contributed by atoms with Gasteiger partial charge in [-0.3, -0.25) is 0 Å². The second-order valence-electron chi connectivity index (χ2n) is 7.26. The molecular weight excluding hydrogens is 300 g/mol. The first-order valence-electron chi connectivity index (χ1n) is 8.76. The fourth-order valence-corrected chi connectivity index (χ4v) is 6.45. The molecule has 0 N–H and O–H groups in total. The van der Waals surface area contributed by atoms with Crippen LogP contribution in [0, 0.1) is 0 Å². The minimum Gasteiger partial charge on any atom is -0.410 e. The molecule has 1 unspecified atom stereocenters. The highest BCUT2D eigenvalue weighted by molar-refractivity contribution is 6.80. The highest BCUT2D eigenvalue weighted by Gasteiger charge is 2.32. The van der Waals surface area contributed by atoms with E-state index in [9.17, 15) is 0 Å². The maximum absolute atomic E-state index is 6.79. The third-order valence-electron chi connectivity index (χ3n) is 4.46. The SMILES string of the molecule is CC[Si](CC)(CC)OC(C/C=C\[Si](C)(C)C)c1ccccc1. The monoisotopic (exact) mass is 334 g/mol. The average molecular weight is 335 g/mol. The van der Waals surface area contributed by atoms with E-state index in [2.05, 4.69) is 82.5 Å². The summed E-state index contributed by atoms with van der Waals surface area (Å²) in [6.45, 7) is 14.1. The molecule has 0 saturated carbocycles. The summed E-state index contributed by atoms with van der Waals surface area (Å²) in [4.78, 5) is 0. The van der Waals surface area contributed by atoms with Gasteiger partial charge in [0, 0.05) is 0 Å². The third-order valence-corrected chi connectivity index (χ3v) is 10.4. The van der Waals surface area contributed by atoms with E-state index in [-0.39, 0.29) is 6.10 Å². The molecule has 0 aliphatic carbocycles. The zero-order valence-corrected chi connectivity index (χ0v) is 17.4. The molecule has 1 rings (SSSR count). The van der Waals surface area contributed by atoms with Crippen molar-refractivity contribution in [3.8, 4) is 0 Å². The van der Waals surface area contributed by atoms with Gasteiger partial charge in [0.2, 0.25) is 0 Å². The van der Waals surface area contributed by atoms with Crippen LogP contribution in [0.1, 0.15) is 38.9 Å². The molecule has 0 bridgehead atoms. The second-order valence-corrected chi connectivity index (χ2v) is 17.1. The van der Waals surface area contributed by atoms with Crippen molar-refractivity contribution < 1.29 is 4.43 Å². The smallest absolute Gasteiger partial charge is 0.192 e. The van der Waals surface area contributed by atoms with Crippen LogP contribution in [0.15, 0.2) is 42.1 Å². The summed E-state index contributed by atoms with van der Waals surface area (Å²) >= 11 is 0. The van der Waals surface area contributed by atoms with Gasteiger partial charge in [0.25, 0.3) is 0 Å². The van der Waals surface area contributed by atoms with E-state index in [4.69, 9.17) is 4.43 Å². The summed E-state index contributed by atoms with van der Waals surface area (Å²) in [6, 6.07) is 14.4. The first kappa shape index (κ1) is 19.4. The minimum atomic E-state index is -1.58. The maximum atomic E-state index is 6.79. The molecule has 0 spiro atoms. The Kier molecular flexibility index (Phi) is 7.80. The molecule has 0 radical (unpaired) electrons. The van der Waals surface area contributed by atoms with Gasteiger partial charge in [0.1, 0.15) is 0 Å². The van der Waals surface area contributed by atoms with Crippen LogP contribution >= 0.6 is 0 Å². The molecule has 22 heavy (non-hydrogen) atoms. The number of hydrogen-bond donors (Lipinski definition) is 0. The lowest BCUT2D eigenvalue weighted by Crippen LogP contribution is -2.37. The standard InChI is InChI=1S/C19H34OSi2/c1-7-22(8-2,9-3)20-19(16-13-17-21(4,5)6)18-14-11-10-12-15-18/h10-15,17,19H,7-9,16H2,1-6H3/b17-13-. The van der Waals surface area contributed by atoms with Gasteiger partial charge in [-0.05, 0) is 30.1 Å². The largest absolute Gasteiger partial charge is 0.410 e. The predicted molar refractivity (Wildman–Crippen MR) is 105 cm³/mol. The van der Waals surface area contributed by atoms with Crippen molar-refractivity contribution in [1.29, 1.82) is 0 Å². The molecule has 0 aromatic heterocycles. The van der Waals surface area contributed by atoms with Crippen molar-refractivity contribution in [2.45, 2.75) is 71.1 Å². The molecular formula is C19H34OSi2. The summed E-state index contributed by atoms with van der Waals surface area (Å²) in [7, 11) is -2.72. The van der Waals surface area contributed by atoms with Gasteiger partial charge < -0.3 is 4.43 Å². The number of benzene rings is 1. The molecule has 1 atom stereocenters. The first-order chi connectivity index (χ1) is 10.4. The summed E-state index contributed by atoms with van der Waals surface area (Å²) in [5, 5.41) is 0. The van der Waals surface area contributed by atoms with Gasteiger partial charge in [0.05, 0.1) is 14.2 Å². The van der Waals surface area contributed by atoms with E-state index in [0.717, 1.165) is 6.42 Å². The highest BCUT2D eigenvalue weighted by Crippen LogP contribution is 2.32. The molecule has 0 aliphatic rings. The number of rotatable bonds is 9. The lowest BCUT2D eigenvalue weighted by Gasteiger charge is -2.33. The van der Waals surface area contributed by atoms with Gasteiger partial charge in [0.15, 0.2) is 8.32 Å². The van der Waals surface area contributed by atoms with Gasteiger partial charge >= 0.3 is 0 Å². The van der Waals surface area contributed by atoms with Gasteiger partial charge in [-0.1, -0.05) is 82.5 Å². The van der Waals surface area contributed by atoms with Crippen LogP contribution in [0.2, 0.25) is 37.8 Å². The Hall–Kier alpha value is -0.646. The molecule has 1 aromatic rings. The third kappa shape index (κ3) is 6.23. The quantitative estimate of drug-likeness (QED) is 0.464. The Morgan fingerprint density at radius 2 is 1.50 bits per heavy atom. The van der Waals surface area contributed by atoms with Crippen LogP contribution in [0.3, 0.4) is 0 Å². The van der Waals surface area contributed by atoms with Gasteiger partial charge in [-0.25, -0.2) is 0 Å². The summed E-state index contributed by atoms with van der Waals surface area (Å²) in [5.41, 5.74) is 3.77. The summed E-state index contributed by atoms with van der Waals surface area (Å²) < 4.78 is 6.79. The zero-order valence-electron chi connectivity index (χ0n) is 15.4. The lowest BCUT2D eigenvalue weighted by molar-refractivity contribution is 0.193. The normalized spacial score (nSPS) is 14.5. The minimum absolute atomic E-state index is 0.223. The zero-order chi connectivity index (χ0) is 16.6. The highest BCUT2D eigenvalue weighted by atomic mass is 28.4.